The maximum Gasteiger partial charge on any atom is 0.408 e. The first-order valence-electron chi connectivity index (χ1n) is 15.3. The fraction of sp³-hybridized carbons (Fsp3) is 0.382. The molecule has 10 nitrogen and oxygen atoms in total. The van der Waals surface area contributed by atoms with Gasteiger partial charge in [0, 0.05) is 24.9 Å². The molecule has 1 atom stereocenters. The number of nitrogens with zero attached hydrogens (tertiary/aromatic N) is 2. The van der Waals surface area contributed by atoms with Gasteiger partial charge < -0.3 is 20.1 Å². The molecule has 1 aliphatic carbocycles. The van der Waals surface area contributed by atoms with E-state index >= 15 is 4.39 Å². The van der Waals surface area contributed by atoms with E-state index in [4.69, 9.17) is 9.47 Å². The normalized spacial score (nSPS) is 14.9. The fourth-order valence-electron chi connectivity index (χ4n) is 5.41. The van der Waals surface area contributed by atoms with Gasteiger partial charge in [0.2, 0.25) is 5.91 Å². The van der Waals surface area contributed by atoms with Crippen molar-refractivity contribution in [3.05, 3.63) is 83.9 Å². The monoisotopic (exact) mass is 650 g/mol. The Kier molecular flexibility index (Phi) is 9.66. The minimum Gasteiger partial charge on any atom is -0.453 e. The minimum absolute atomic E-state index is 0.0220. The summed E-state index contributed by atoms with van der Waals surface area (Å²) in [6.45, 7) is 7.05. The van der Waals surface area contributed by atoms with Crippen LogP contribution in [0.1, 0.15) is 64.0 Å². The number of pyridine rings is 1. The Bertz CT molecular complexity index is 1830. The number of carbonyl (C=O) groups excluding carboxylic acids is 2. The van der Waals surface area contributed by atoms with Gasteiger partial charge >= 0.3 is 6.09 Å². The number of aromatic nitrogens is 2. The molecule has 2 heterocycles. The molecule has 0 bridgehead atoms. The second-order valence-electron chi connectivity index (χ2n) is 12.6. The molecule has 2 amide bonds. The van der Waals surface area contributed by atoms with E-state index in [1.165, 1.54) is 42.7 Å². The number of hydrogen-bond acceptors (Lipinski definition) is 7. The smallest absolute Gasteiger partial charge is 0.408 e. The molecule has 2 aromatic heterocycles. The van der Waals surface area contributed by atoms with Crippen molar-refractivity contribution < 1.29 is 31.9 Å². The van der Waals surface area contributed by atoms with E-state index < -0.39 is 33.6 Å². The fourth-order valence-corrected chi connectivity index (χ4v) is 6.71. The third-order valence-electron chi connectivity index (χ3n) is 7.71. The molecular weight excluding hydrogens is 611 g/mol. The Hall–Kier alpha value is -4.45. The van der Waals surface area contributed by atoms with Crippen LogP contribution in [-0.2, 0) is 26.0 Å². The van der Waals surface area contributed by atoms with Gasteiger partial charge in [-0.1, -0.05) is 43.0 Å². The first-order chi connectivity index (χ1) is 21.8. The number of benzene rings is 2. The van der Waals surface area contributed by atoms with Gasteiger partial charge in [-0.15, -0.1) is 0 Å². The van der Waals surface area contributed by atoms with Crippen LogP contribution in [0.5, 0.6) is 11.5 Å². The number of nitrogens with one attached hydrogen (secondary N) is 2. The Morgan fingerprint density at radius 2 is 1.74 bits per heavy atom. The van der Waals surface area contributed by atoms with Crippen LogP contribution < -0.4 is 15.4 Å². The molecule has 0 saturated heterocycles. The van der Waals surface area contributed by atoms with Gasteiger partial charge in [-0.05, 0) is 82.5 Å². The average molecular weight is 651 g/mol. The van der Waals surface area contributed by atoms with Crippen molar-refractivity contribution in [3.8, 4) is 11.5 Å². The van der Waals surface area contributed by atoms with Crippen molar-refractivity contribution in [2.45, 2.75) is 88.8 Å². The van der Waals surface area contributed by atoms with Crippen LogP contribution in [0.15, 0.2) is 71.9 Å². The highest BCUT2D eigenvalue weighted by Crippen LogP contribution is 2.33. The molecule has 1 aliphatic rings. The lowest BCUT2D eigenvalue weighted by atomic mass is 9.95. The van der Waals surface area contributed by atoms with Gasteiger partial charge in [0.05, 0.1) is 10.3 Å². The number of aryl methyl sites for hydroxylation is 1. The number of carbonyl (C=O) groups is 2. The summed E-state index contributed by atoms with van der Waals surface area (Å²) < 4.78 is 54.4. The summed E-state index contributed by atoms with van der Waals surface area (Å²) in [6, 6.07) is 12.9. The number of rotatable bonds is 9. The average Bonchev–Trinajstić information content (AvgIpc) is 3.44. The second kappa shape index (κ2) is 13.5. The van der Waals surface area contributed by atoms with Crippen LogP contribution in [0.2, 0.25) is 0 Å². The molecular formula is C34H39FN4O6S. The number of fused-ring (bicyclic) bond motifs is 1. The van der Waals surface area contributed by atoms with Crippen molar-refractivity contribution in [3.63, 3.8) is 0 Å². The summed E-state index contributed by atoms with van der Waals surface area (Å²) in [7, 11) is -3.94. The van der Waals surface area contributed by atoms with Crippen LogP contribution in [0, 0.1) is 12.7 Å². The van der Waals surface area contributed by atoms with Crippen LogP contribution in [-0.4, -0.2) is 47.1 Å². The highest BCUT2D eigenvalue weighted by molar-refractivity contribution is 7.90. The molecule has 0 radical (unpaired) electrons. The predicted molar refractivity (Wildman–Crippen MR) is 172 cm³/mol. The van der Waals surface area contributed by atoms with Crippen LogP contribution in [0.4, 0.5) is 9.18 Å². The van der Waals surface area contributed by atoms with Crippen molar-refractivity contribution in [1.29, 1.82) is 0 Å². The van der Waals surface area contributed by atoms with E-state index in [1.54, 1.807) is 45.0 Å². The van der Waals surface area contributed by atoms with Gasteiger partial charge in [-0.2, -0.15) is 0 Å². The molecule has 12 heteroatoms. The van der Waals surface area contributed by atoms with Crippen LogP contribution >= 0.6 is 0 Å². The molecule has 0 aliphatic heterocycles. The molecule has 1 fully saturated rings. The molecule has 46 heavy (non-hydrogen) atoms. The zero-order valence-corrected chi connectivity index (χ0v) is 27.2. The summed E-state index contributed by atoms with van der Waals surface area (Å²) in [5.41, 5.74) is 0.759. The highest BCUT2D eigenvalue weighted by atomic mass is 32.2. The Balaban J connectivity index is 1.35. The highest BCUT2D eigenvalue weighted by Gasteiger charge is 2.28. The van der Waals surface area contributed by atoms with Gasteiger partial charge in [-0.3, -0.25) is 4.79 Å². The zero-order valence-electron chi connectivity index (χ0n) is 26.4. The molecule has 5 rings (SSSR count). The first kappa shape index (κ1) is 32.9. The number of hydrogen-bond donors (Lipinski definition) is 2. The van der Waals surface area contributed by atoms with Crippen molar-refractivity contribution in [2.24, 2.45) is 0 Å². The summed E-state index contributed by atoms with van der Waals surface area (Å²) in [4.78, 5) is 30.2. The quantitative estimate of drug-likeness (QED) is 0.215. The maximum atomic E-state index is 15.4. The first-order valence-corrected chi connectivity index (χ1v) is 16.8. The number of halogens is 1. The zero-order chi connectivity index (χ0) is 33.1. The van der Waals surface area contributed by atoms with E-state index in [0.717, 1.165) is 41.6 Å². The topological polar surface area (TPSA) is 129 Å². The minimum atomic E-state index is -3.94. The van der Waals surface area contributed by atoms with Gasteiger partial charge in [0.15, 0.2) is 17.2 Å². The predicted octanol–water partition coefficient (Wildman–Crippen LogP) is 6.40. The largest absolute Gasteiger partial charge is 0.453 e. The van der Waals surface area contributed by atoms with E-state index in [9.17, 15) is 18.0 Å². The molecule has 244 valence electrons. The summed E-state index contributed by atoms with van der Waals surface area (Å²) in [6.07, 6.45) is 6.98. The van der Waals surface area contributed by atoms with Crippen LogP contribution in [0.25, 0.3) is 11.0 Å². The van der Waals surface area contributed by atoms with E-state index in [1.807, 2.05) is 6.92 Å². The van der Waals surface area contributed by atoms with Crippen molar-refractivity contribution in [2.75, 3.05) is 0 Å². The number of ether oxygens (including phenoxy) is 2. The van der Waals surface area contributed by atoms with Gasteiger partial charge in [0.25, 0.3) is 10.0 Å². The Morgan fingerprint density at radius 1 is 1.02 bits per heavy atom. The standard InChI is InChI=1S/C34H39FN4O6S/c1-22-10-13-25(14-11-22)46(42,43)39-19-17-26-29(16-18-36-31(26)39)44-30-15-12-23(20-27(30)35)21-28(38-33(41)45-34(2,3)4)32(40)37-24-8-6-5-7-9-24/h10-20,24,28H,5-9,21H2,1-4H3,(H,37,40)(H,38,41)/t28-/m0/s1. The summed E-state index contributed by atoms with van der Waals surface area (Å²) in [5.74, 6) is -0.944. The SMILES string of the molecule is Cc1ccc(S(=O)(=O)n2ccc3c(Oc4ccc(C[C@H](NC(=O)OC(C)(C)C)C(=O)NC5CCCCC5)cc4F)ccnc32)cc1. The molecule has 2 aromatic carbocycles. The third kappa shape index (κ3) is 7.85. The van der Waals surface area contributed by atoms with Gasteiger partial charge in [0.1, 0.15) is 17.4 Å². The van der Waals surface area contributed by atoms with E-state index in [2.05, 4.69) is 15.6 Å². The van der Waals surface area contributed by atoms with Gasteiger partial charge in [-0.25, -0.2) is 26.6 Å². The number of amides is 2. The van der Waals surface area contributed by atoms with E-state index in [-0.39, 0.29) is 40.4 Å². The molecule has 0 unspecified atom stereocenters. The number of alkyl carbamates (subject to hydrolysis) is 1. The third-order valence-corrected chi connectivity index (χ3v) is 9.39. The molecule has 1 saturated carbocycles. The van der Waals surface area contributed by atoms with Crippen molar-refractivity contribution >= 4 is 33.1 Å². The second-order valence-corrected chi connectivity index (χ2v) is 14.4. The Morgan fingerprint density at radius 3 is 2.41 bits per heavy atom. The molecule has 0 spiro atoms. The summed E-state index contributed by atoms with van der Waals surface area (Å²) >= 11 is 0. The lowest BCUT2D eigenvalue weighted by Gasteiger charge is -2.27. The van der Waals surface area contributed by atoms with E-state index in [0.29, 0.717) is 10.9 Å². The van der Waals surface area contributed by atoms with Crippen LogP contribution in [0.3, 0.4) is 0 Å². The maximum absolute atomic E-state index is 15.4. The summed E-state index contributed by atoms with van der Waals surface area (Å²) in [5, 5.41) is 6.06. The lowest BCUT2D eigenvalue weighted by Crippen LogP contribution is -2.51. The molecule has 2 N–H and O–H groups in total. The van der Waals surface area contributed by atoms with Crippen molar-refractivity contribution in [1.82, 2.24) is 19.6 Å². The molecule has 4 aromatic rings. The lowest BCUT2D eigenvalue weighted by molar-refractivity contribution is -0.124. The Labute approximate surface area is 268 Å².